The van der Waals surface area contributed by atoms with Crippen LogP contribution in [-0.2, 0) is 23.7 Å². The monoisotopic (exact) mass is 498 g/mol. The number of aliphatic hydroxyl groups is 1. The summed E-state index contributed by atoms with van der Waals surface area (Å²) in [5, 5.41) is 10.7. The zero-order valence-electron chi connectivity index (χ0n) is 21.7. The SMILES string of the molecule is C=C1C[C@H](C)C[C@@H]2CC=C[C@@H](C/C=C/C(=O)O[C@H](C/C=C/[C@@H]3CC(C)=CCO3)C[C@@H]3O[C@H]3[C@@H](O)C1)O2. The van der Waals surface area contributed by atoms with Gasteiger partial charge in [0, 0.05) is 18.9 Å². The number of carbonyl (C=O) groups excluding carboxylic acids is 1. The van der Waals surface area contributed by atoms with Crippen molar-refractivity contribution in [2.75, 3.05) is 6.61 Å². The van der Waals surface area contributed by atoms with Crippen LogP contribution in [0.5, 0.6) is 0 Å². The maximum absolute atomic E-state index is 12.6. The van der Waals surface area contributed by atoms with E-state index in [0.717, 1.165) is 31.3 Å². The van der Waals surface area contributed by atoms with Gasteiger partial charge in [-0.2, -0.15) is 0 Å². The van der Waals surface area contributed by atoms with Gasteiger partial charge in [-0.3, -0.25) is 0 Å². The van der Waals surface area contributed by atoms with Crippen LogP contribution in [0.25, 0.3) is 0 Å². The van der Waals surface area contributed by atoms with Gasteiger partial charge in [-0.25, -0.2) is 4.79 Å². The van der Waals surface area contributed by atoms with Gasteiger partial charge in [0.2, 0.25) is 0 Å². The molecule has 4 heterocycles. The lowest BCUT2D eigenvalue weighted by atomic mass is 9.91. The predicted molar refractivity (Wildman–Crippen MR) is 139 cm³/mol. The van der Waals surface area contributed by atoms with Gasteiger partial charge in [-0.1, -0.05) is 61.1 Å². The van der Waals surface area contributed by atoms with Gasteiger partial charge in [0.15, 0.2) is 0 Å². The predicted octanol–water partition coefficient (Wildman–Crippen LogP) is 5.13. The Morgan fingerprint density at radius 2 is 2.00 bits per heavy atom. The highest BCUT2D eigenvalue weighted by Crippen LogP contribution is 2.34. The second-order valence-corrected chi connectivity index (χ2v) is 10.9. The average Bonchev–Trinajstić information content (AvgIpc) is 3.58. The van der Waals surface area contributed by atoms with Crippen LogP contribution >= 0.6 is 0 Å². The summed E-state index contributed by atoms with van der Waals surface area (Å²) in [6, 6.07) is 0. The van der Waals surface area contributed by atoms with E-state index in [4.69, 9.17) is 18.9 Å². The number of cyclic esters (lactones) is 1. The Labute approximate surface area is 215 Å². The van der Waals surface area contributed by atoms with Crippen LogP contribution in [0.4, 0.5) is 0 Å². The summed E-state index contributed by atoms with van der Waals surface area (Å²) in [6.07, 6.45) is 18.6. The van der Waals surface area contributed by atoms with E-state index in [0.29, 0.717) is 38.2 Å². The third kappa shape index (κ3) is 8.55. The molecule has 0 aromatic rings. The molecule has 4 aliphatic rings. The number of esters is 1. The number of hydrogen-bond donors (Lipinski definition) is 1. The molecule has 4 aliphatic heterocycles. The number of hydrogen-bond acceptors (Lipinski definition) is 6. The van der Waals surface area contributed by atoms with Gasteiger partial charge in [-0.15, -0.1) is 0 Å². The van der Waals surface area contributed by atoms with E-state index in [-0.39, 0.29) is 42.6 Å². The van der Waals surface area contributed by atoms with Crippen molar-refractivity contribution in [3.05, 3.63) is 60.3 Å². The van der Waals surface area contributed by atoms with Crippen molar-refractivity contribution in [2.24, 2.45) is 5.92 Å². The third-order valence-electron chi connectivity index (χ3n) is 7.33. The van der Waals surface area contributed by atoms with Crippen LogP contribution in [0.1, 0.15) is 65.2 Å². The first kappa shape index (κ1) is 27.1. The van der Waals surface area contributed by atoms with Crippen molar-refractivity contribution < 1.29 is 28.8 Å². The molecule has 198 valence electrons. The second kappa shape index (κ2) is 13.0. The molecule has 0 amide bonds. The normalized spacial score (nSPS) is 39.5. The first-order valence-corrected chi connectivity index (χ1v) is 13.5. The van der Waals surface area contributed by atoms with Crippen LogP contribution in [0.3, 0.4) is 0 Å². The van der Waals surface area contributed by atoms with Crippen molar-refractivity contribution in [1.29, 1.82) is 0 Å². The van der Waals surface area contributed by atoms with E-state index in [2.05, 4.69) is 44.7 Å². The molecule has 0 saturated carbocycles. The fourth-order valence-corrected chi connectivity index (χ4v) is 5.45. The van der Waals surface area contributed by atoms with Crippen molar-refractivity contribution in [3.63, 3.8) is 0 Å². The van der Waals surface area contributed by atoms with Gasteiger partial charge in [0.25, 0.3) is 0 Å². The standard InChI is InChI=1S/C30H42O6/c1-20-13-14-33-24(16-20)9-5-11-26-19-28-30(36-28)27(31)18-22(3)15-21(2)17-25-10-4-7-23(34-25)8-6-12-29(32)35-26/h4-7,9,12-13,21,23-28,30-31H,3,8,10-11,14-19H2,1-2H3/b9-5+,12-6+/t21-,23-,24+,25-,26+,27-,28-,30-/m0/s1. The summed E-state index contributed by atoms with van der Waals surface area (Å²) in [5.74, 6) is 0.0593. The summed E-state index contributed by atoms with van der Waals surface area (Å²) < 4.78 is 23.6. The molecule has 6 heteroatoms. The first-order valence-electron chi connectivity index (χ1n) is 13.5. The minimum absolute atomic E-state index is 0.0312. The van der Waals surface area contributed by atoms with Crippen LogP contribution < -0.4 is 0 Å². The third-order valence-corrected chi connectivity index (χ3v) is 7.33. The minimum Gasteiger partial charge on any atom is -0.459 e. The molecular formula is C30H42O6. The molecule has 0 spiro atoms. The van der Waals surface area contributed by atoms with E-state index in [1.165, 1.54) is 11.6 Å². The molecule has 0 radical (unpaired) electrons. The first-order chi connectivity index (χ1) is 17.4. The van der Waals surface area contributed by atoms with Gasteiger partial charge >= 0.3 is 5.97 Å². The van der Waals surface area contributed by atoms with Crippen molar-refractivity contribution >= 4 is 5.97 Å². The molecular weight excluding hydrogens is 456 g/mol. The lowest BCUT2D eigenvalue weighted by Gasteiger charge is -2.28. The summed E-state index contributed by atoms with van der Waals surface area (Å²) in [6.45, 7) is 9.18. The second-order valence-electron chi connectivity index (χ2n) is 10.9. The van der Waals surface area contributed by atoms with Crippen LogP contribution in [-0.4, -0.2) is 60.4 Å². The Hall–Kier alpha value is -1.99. The molecule has 2 bridgehead atoms. The number of aliphatic hydroxyl groups excluding tert-OH is 1. The molecule has 1 fully saturated rings. The molecule has 8 atom stereocenters. The highest BCUT2D eigenvalue weighted by Gasteiger charge is 2.45. The summed E-state index contributed by atoms with van der Waals surface area (Å²) in [7, 11) is 0. The van der Waals surface area contributed by atoms with Crippen LogP contribution in [0.2, 0.25) is 0 Å². The maximum atomic E-state index is 12.6. The average molecular weight is 499 g/mol. The fraction of sp³-hybridized carbons (Fsp3) is 0.633. The molecule has 0 unspecified atom stereocenters. The van der Waals surface area contributed by atoms with E-state index in [1.54, 1.807) is 0 Å². The summed E-state index contributed by atoms with van der Waals surface area (Å²) in [5.41, 5.74) is 2.37. The highest BCUT2D eigenvalue weighted by atomic mass is 16.6. The lowest BCUT2D eigenvalue weighted by Crippen LogP contribution is -2.26. The van der Waals surface area contributed by atoms with Crippen molar-refractivity contribution in [2.45, 2.75) is 108 Å². The van der Waals surface area contributed by atoms with Gasteiger partial charge in [-0.05, 0) is 51.4 Å². The number of epoxide rings is 1. The number of ether oxygens (including phenoxy) is 4. The molecule has 1 N–H and O–H groups in total. The minimum atomic E-state index is -0.594. The summed E-state index contributed by atoms with van der Waals surface area (Å²) >= 11 is 0. The Balaban J connectivity index is 1.40. The van der Waals surface area contributed by atoms with Crippen LogP contribution in [0.15, 0.2) is 60.3 Å². The van der Waals surface area contributed by atoms with Crippen molar-refractivity contribution in [1.82, 2.24) is 0 Å². The molecule has 36 heavy (non-hydrogen) atoms. The van der Waals surface area contributed by atoms with E-state index in [1.807, 2.05) is 12.2 Å². The maximum Gasteiger partial charge on any atom is 0.330 e. The number of rotatable bonds is 3. The zero-order chi connectivity index (χ0) is 25.5. The van der Waals surface area contributed by atoms with E-state index in [9.17, 15) is 9.90 Å². The van der Waals surface area contributed by atoms with Gasteiger partial charge in [0.05, 0.1) is 37.1 Å². The molecule has 0 aromatic carbocycles. The van der Waals surface area contributed by atoms with Crippen LogP contribution in [0, 0.1) is 5.92 Å². The van der Waals surface area contributed by atoms with E-state index < -0.39 is 6.10 Å². The quantitative estimate of drug-likeness (QED) is 0.330. The zero-order valence-corrected chi connectivity index (χ0v) is 21.7. The Kier molecular flexibility index (Phi) is 9.77. The smallest absolute Gasteiger partial charge is 0.330 e. The molecule has 4 rings (SSSR count). The highest BCUT2D eigenvalue weighted by molar-refractivity contribution is 5.82. The molecule has 0 aliphatic carbocycles. The molecule has 0 aromatic heterocycles. The topological polar surface area (TPSA) is 77.5 Å². The van der Waals surface area contributed by atoms with Crippen molar-refractivity contribution in [3.8, 4) is 0 Å². The Bertz CT molecular complexity index is 886. The van der Waals surface area contributed by atoms with Gasteiger partial charge in [0.1, 0.15) is 12.2 Å². The lowest BCUT2D eigenvalue weighted by molar-refractivity contribution is -0.143. The largest absolute Gasteiger partial charge is 0.459 e. The number of carbonyl (C=O) groups is 1. The fourth-order valence-electron chi connectivity index (χ4n) is 5.45. The Morgan fingerprint density at radius 1 is 1.14 bits per heavy atom. The molecule has 6 nitrogen and oxygen atoms in total. The Morgan fingerprint density at radius 3 is 2.83 bits per heavy atom. The number of fused-ring (bicyclic) bond motifs is 3. The molecule has 1 saturated heterocycles. The van der Waals surface area contributed by atoms with E-state index >= 15 is 0 Å². The summed E-state index contributed by atoms with van der Waals surface area (Å²) in [4.78, 5) is 12.6. The van der Waals surface area contributed by atoms with Gasteiger partial charge < -0.3 is 24.1 Å².